The minimum Gasteiger partial charge on any atom is -0.497 e. The summed E-state index contributed by atoms with van der Waals surface area (Å²) in [6.07, 6.45) is 4.46. The first-order chi connectivity index (χ1) is 17.6. The topological polar surface area (TPSA) is 79.4 Å². The zero-order chi connectivity index (χ0) is 25.3. The third-order valence-corrected chi connectivity index (χ3v) is 6.12. The van der Waals surface area contributed by atoms with Crippen LogP contribution >= 0.6 is 0 Å². The molecule has 0 N–H and O–H groups in total. The van der Waals surface area contributed by atoms with Gasteiger partial charge in [-0.25, -0.2) is 0 Å². The Kier molecular flexibility index (Phi) is 8.62. The quantitative estimate of drug-likeness (QED) is 0.393. The van der Waals surface area contributed by atoms with Crippen LogP contribution in [-0.4, -0.2) is 56.9 Å². The number of carbonyl (C=O) groups is 1. The van der Waals surface area contributed by atoms with E-state index >= 15 is 0 Å². The summed E-state index contributed by atoms with van der Waals surface area (Å²) in [7, 11) is 4.74. The van der Waals surface area contributed by atoms with Crippen molar-refractivity contribution in [3.63, 3.8) is 0 Å². The second kappa shape index (κ2) is 12.3. The van der Waals surface area contributed by atoms with Crippen LogP contribution in [0, 0.1) is 5.92 Å². The van der Waals surface area contributed by atoms with Gasteiger partial charge in [-0.1, -0.05) is 12.1 Å². The van der Waals surface area contributed by atoms with Crippen LogP contribution in [0.2, 0.25) is 0 Å². The smallest absolute Gasteiger partial charge is 0.258 e. The highest BCUT2D eigenvalue weighted by Gasteiger charge is 2.22. The Labute approximate surface area is 211 Å². The molecule has 3 aromatic rings. The van der Waals surface area contributed by atoms with Gasteiger partial charge in [0.1, 0.15) is 11.5 Å². The number of methoxy groups -OCH3 is 3. The third-order valence-electron chi connectivity index (χ3n) is 6.12. The van der Waals surface area contributed by atoms with E-state index in [4.69, 9.17) is 23.7 Å². The zero-order valence-electron chi connectivity index (χ0n) is 20.9. The van der Waals surface area contributed by atoms with E-state index in [1.54, 1.807) is 56.8 Å². The van der Waals surface area contributed by atoms with Gasteiger partial charge < -0.3 is 28.6 Å². The minimum atomic E-state index is -0.167. The normalized spacial score (nSPS) is 14.8. The predicted octanol–water partition coefficient (Wildman–Crippen LogP) is 4.37. The van der Waals surface area contributed by atoms with Gasteiger partial charge in [0, 0.05) is 44.1 Å². The van der Waals surface area contributed by atoms with Gasteiger partial charge in [-0.2, -0.15) is 0 Å². The Morgan fingerprint density at radius 1 is 0.972 bits per heavy atom. The molecule has 0 radical (unpaired) electrons. The maximum atomic E-state index is 13.8. The number of nitrogens with zero attached hydrogens (tertiary/aromatic N) is 2. The number of hydrogen-bond donors (Lipinski definition) is 0. The van der Waals surface area contributed by atoms with Crippen LogP contribution in [0.1, 0.15) is 27.9 Å². The van der Waals surface area contributed by atoms with E-state index in [9.17, 15) is 4.79 Å². The van der Waals surface area contributed by atoms with Crippen molar-refractivity contribution in [1.82, 2.24) is 9.88 Å². The van der Waals surface area contributed by atoms with Gasteiger partial charge in [-0.3, -0.25) is 9.78 Å². The molecule has 190 valence electrons. The molecule has 8 nitrogen and oxygen atoms in total. The van der Waals surface area contributed by atoms with E-state index in [1.807, 2.05) is 30.3 Å². The van der Waals surface area contributed by atoms with Gasteiger partial charge in [0.05, 0.1) is 40.1 Å². The Hall–Kier alpha value is -3.78. The molecule has 1 unspecified atom stereocenters. The van der Waals surface area contributed by atoms with Crippen molar-refractivity contribution in [2.24, 2.45) is 5.92 Å². The number of pyridine rings is 1. The standard InChI is InChI=1S/C28H32N2O6/c1-32-23-7-8-24(26(14-23)34-3)28(31)30(17-21-5-4-11-29-15-21)16-20-6-9-25(33-2)27(13-20)36-19-22-10-12-35-18-22/h4-9,11,13-15,22H,10,12,16-19H2,1-3H3. The Morgan fingerprint density at radius 2 is 1.81 bits per heavy atom. The lowest BCUT2D eigenvalue weighted by atomic mass is 10.1. The SMILES string of the molecule is COc1ccc(C(=O)N(Cc2cccnc2)Cc2ccc(OC)c(OCC3CCOC3)c2)c(OC)c1. The van der Waals surface area contributed by atoms with Gasteiger partial charge in [-0.05, 0) is 47.9 Å². The molecule has 2 aromatic carbocycles. The molecule has 1 aliphatic rings. The van der Waals surface area contributed by atoms with E-state index in [1.165, 1.54) is 0 Å². The largest absolute Gasteiger partial charge is 0.497 e. The summed E-state index contributed by atoms with van der Waals surface area (Å²) in [6.45, 7) is 2.77. The molecule has 0 saturated carbocycles. The minimum absolute atomic E-state index is 0.167. The molecule has 1 fully saturated rings. The van der Waals surface area contributed by atoms with E-state index in [-0.39, 0.29) is 5.91 Å². The predicted molar refractivity (Wildman–Crippen MR) is 135 cm³/mol. The van der Waals surface area contributed by atoms with Crippen LogP contribution in [0.3, 0.4) is 0 Å². The third kappa shape index (κ3) is 6.26. The van der Waals surface area contributed by atoms with E-state index in [0.29, 0.717) is 60.8 Å². The van der Waals surface area contributed by atoms with E-state index < -0.39 is 0 Å². The van der Waals surface area contributed by atoms with Crippen LogP contribution in [0.15, 0.2) is 60.9 Å². The second-order valence-electron chi connectivity index (χ2n) is 8.61. The summed E-state index contributed by atoms with van der Waals surface area (Å²) >= 11 is 0. The summed E-state index contributed by atoms with van der Waals surface area (Å²) in [5.41, 5.74) is 2.29. The number of aromatic nitrogens is 1. The molecule has 8 heteroatoms. The second-order valence-corrected chi connectivity index (χ2v) is 8.61. The van der Waals surface area contributed by atoms with E-state index in [2.05, 4.69) is 4.98 Å². The molecule has 4 rings (SSSR count). The number of hydrogen-bond acceptors (Lipinski definition) is 7. The summed E-state index contributed by atoms with van der Waals surface area (Å²) in [6, 6.07) is 14.7. The number of benzene rings is 2. The Balaban J connectivity index is 1.60. The average molecular weight is 493 g/mol. The zero-order valence-corrected chi connectivity index (χ0v) is 20.9. The van der Waals surface area contributed by atoms with E-state index in [0.717, 1.165) is 24.2 Å². The van der Waals surface area contributed by atoms with Crippen molar-refractivity contribution < 1.29 is 28.5 Å². The summed E-state index contributed by atoms with van der Waals surface area (Å²) in [5.74, 6) is 2.57. The van der Waals surface area contributed by atoms with Crippen molar-refractivity contribution in [2.45, 2.75) is 19.5 Å². The lowest BCUT2D eigenvalue weighted by molar-refractivity contribution is 0.0726. The molecular weight excluding hydrogens is 460 g/mol. The fourth-order valence-corrected chi connectivity index (χ4v) is 4.13. The Bertz CT molecular complexity index is 1150. The lowest BCUT2D eigenvalue weighted by Crippen LogP contribution is -2.30. The number of carbonyl (C=O) groups excluding carboxylic acids is 1. The molecule has 2 heterocycles. The van der Waals surface area contributed by atoms with Gasteiger partial charge in [0.15, 0.2) is 11.5 Å². The van der Waals surface area contributed by atoms with Crippen molar-refractivity contribution in [3.8, 4) is 23.0 Å². The van der Waals surface area contributed by atoms with Crippen molar-refractivity contribution >= 4 is 5.91 Å². The molecule has 0 aliphatic carbocycles. The van der Waals surface area contributed by atoms with Gasteiger partial charge in [0.2, 0.25) is 0 Å². The van der Waals surface area contributed by atoms with Gasteiger partial charge in [0.25, 0.3) is 5.91 Å². The maximum Gasteiger partial charge on any atom is 0.258 e. The van der Waals surface area contributed by atoms with Crippen molar-refractivity contribution in [1.29, 1.82) is 0 Å². The van der Waals surface area contributed by atoms with Crippen LogP contribution in [-0.2, 0) is 17.8 Å². The molecule has 1 atom stereocenters. The van der Waals surface area contributed by atoms with Gasteiger partial charge >= 0.3 is 0 Å². The molecular formula is C28H32N2O6. The fourth-order valence-electron chi connectivity index (χ4n) is 4.13. The highest BCUT2D eigenvalue weighted by Crippen LogP contribution is 2.31. The first-order valence-electron chi connectivity index (χ1n) is 11.9. The first-order valence-corrected chi connectivity index (χ1v) is 11.9. The fraction of sp³-hybridized carbons (Fsp3) is 0.357. The van der Waals surface area contributed by atoms with Crippen LogP contribution in [0.4, 0.5) is 0 Å². The molecule has 36 heavy (non-hydrogen) atoms. The summed E-state index contributed by atoms with van der Waals surface area (Å²) in [5, 5.41) is 0. The molecule has 1 aromatic heterocycles. The first kappa shape index (κ1) is 25.3. The molecule has 0 bridgehead atoms. The number of rotatable bonds is 11. The molecule has 1 aliphatic heterocycles. The Morgan fingerprint density at radius 3 is 2.50 bits per heavy atom. The van der Waals surface area contributed by atoms with Crippen LogP contribution < -0.4 is 18.9 Å². The van der Waals surface area contributed by atoms with Crippen LogP contribution in [0.5, 0.6) is 23.0 Å². The number of ether oxygens (including phenoxy) is 5. The highest BCUT2D eigenvalue weighted by molar-refractivity contribution is 5.97. The van der Waals surface area contributed by atoms with Gasteiger partial charge in [-0.15, -0.1) is 0 Å². The summed E-state index contributed by atoms with van der Waals surface area (Å²) < 4.78 is 27.9. The lowest BCUT2D eigenvalue weighted by Gasteiger charge is -2.25. The number of amides is 1. The van der Waals surface area contributed by atoms with Crippen molar-refractivity contribution in [2.75, 3.05) is 41.2 Å². The average Bonchev–Trinajstić information content (AvgIpc) is 3.45. The van der Waals surface area contributed by atoms with Crippen molar-refractivity contribution in [3.05, 3.63) is 77.6 Å². The highest BCUT2D eigenvalue weighted by atomic mass is 16.5. The molecule has 0 spiro atoms. The summed E-state index contributed by atoms with van der Waals surface area (Å²) in [4.78, 5) is 19.7. The van der Waals surface area contributed by atoms with Crippen LogP contribution in [0.25, 0.3) is 0 Å². The maximum absolute atomic E-state index is 13.8. The monoisotopic (exact) mass is 492 g/mol. The molecule has 1 saturated heterocycles. The molecule has 1 amide bonds.